The van der Waals surface area contributed by atoms with Crippen LogP contribution < -0.4 is 14.8 Å². The number of rotatable bonds is 7. The summed E-state index contributed by atoms with van der Waals surface area (Å²) in [5.74, 6) is 0.389. The van der Waals surface area contributed by atoms with E-state index in [1.54, 1.807) is 30.3 Å². The van der Waals surface area contributed by atoms with Gasteiger partial charge in [0.15, 0.2) is 16.7 Å². The van der Waals surface area contributed by atoms with Crippen LogP contribution in [0, 0.1) is 17.1 Å². The van der Waals surface area contributed by atoms with Gasteiger partial charge in [-0.3, -0.25) is 4.79 Å². The number of nitrogens with one attached hydrogen (secondary N) is 1. The minimum absolute atomic E-state index is 0.206. The molecule has 35 heavy (non-hydrogen) atoms. The lowest BCUT2D eigenvalue weighted by molar-refractivity contribution is -0.115. The number of carbonyl (C=O) groups is 1. The Morgan fingerprint density at radius 3 is 2.63 bits per heavy atom. The SMILES string of the molecule is CCOc1cc(/C=C2/SC(=Nc3ccc(F)cc3)NC2=O)c(Br)cc1OCc1ccccc1C#N. The van der Waals surface area contributed by atoms with Crippen LogP contribution in [0.15, 0.2) is 75.0 Å². The summed E-state index contributed by atoms with van der Waals surface area (Å²) in [6, 6.07) is 18.7. The van der Waals surface area contributed by atoms with Crippen molar-refractivity contribution in [2.75, 3.05) is 6.61 Å². The van der Waals surface area contributed by atoms with Crippen molar-refractivity contribution < 1.29 is 18.7 Å². The van der Waals surface area contributed by atoms with Crippen molar-refractivity contribution in [1.29, 1.82) is 5.26 Å². The minimum atomic E-state index is -0.353. The highest BCUT2D eigenvalue weighted by molar-refractivity contribution is 9.10. The molecule has 0 aliphatic carbocycles. The first-order valence-electron chi connectivity index (χ1n) is 10.6. The Hall–Kier alpha value is -3.61. The van der Waals surface area contributed by atoms with Gasteiger partial charge in [0.25, 0.3) is 5.91 Å². The number of nitriles is 1. The maximum Gasteiger partial charge on any atom is 0.264 e. The third-order valence-corrected chi connectivity index (χ3v) is 6.48. The topological polar surface area (TPSA) is 83.7 Å². The summed E-state index contributed by atoms with van der Waals surface area (Å²) in [6.07, 6.45) is 1.73. The van der Waals surface area contributed by atoms with Crippen LogP contribution in [0.3, 0.4) is 0 Å². The molecule has 0 radical (unpaired) electrons. The fourth-order valence-electron chi connectivity index (χ4n) is 3.21. The van der Waals surface area contributed by atoms with Gasteiger partial charge in [-0.2, -0.15) is 5.26 Å². The molecule has 4 rings (SSSR count). The van der Waals surface area contributed by atoms with Crippen LogP contribution >= 0.6 is 27.7 Å². The zero-order chi connectivity index (χ0) is 24.8. The Morgan fingerprint density at radius 2 is 1.89 bits per heavy atom. The van der Waals surface area contributed by atoms with Crippen LogP contribution in [0.2, 0.25) is 0 Å². The predicted molar refractivity (Wildman–Crippen MR) is 138 cm³/mol. The van der Waals surface area contributed by atoms with Crippen molar-refractivity contribution in [1.82, 2.24) is 5.32 Å². The molecule has 1 aliphatic rings. The third kappa shape index (κ3) is 6.10. The van der Waals surface area contributed by atoms with E-state index in [9.17, 15) is 14.4 Å². The molecular formula is C26H19BrFN3O3S. The normalized spacial score (nSPS) is 15.2. The van der Waals surface area contributed by atoms with E-state index in [1.807, 2.05) is 19.1 Å². The lowest BCUT2D eigenvalue weighted by Gasteiger charge is -2.14. The number of amidine groups is 1. The zero-order valence-corrected chi connectivity index (χ0v) is 21.0. The number of aliphatic imine (C=N–C) groups is 1. The summed E-state index contributed by atoms with van der Waals surface area (Å²) in [6.45, 7) is 2.50. The van der Waals surface area contributed by atoms with Gasteiger partial charge in [0.1, 0.15) is 12.4 Å². The van der Waals surface area contributed by atoms with Gasteiger partial charge < -0.3 is 14.8 Å². The minimum Gasteiger partial charge on any atom is -0.490 e. The maximum absolute atomic E-state index is 13.1. The molecule has 3 aromatic carbocycles. The van der Waals surface area contributed by atoms with E-state index in [0.29, 0.717) is 43.9 Å². The first kappa shape index (κ1) is 24.5. The van der Waals surface area contributed by atoms with Crippen LogP contribution in [0.25, 0.3) is 6.08 Å². The van der Waals surface area contributed by atoms with E-state index in [2.05, 4.69) is 32.3 Å². The summed E-state index contributed by atoms with van der Waals surface area (Å²) < 4.78 is 25.6. The molecule has 0 atom stereocenters. The van der Waals surface area contributed by atoms with Gasteiger partial charge in [-0.15, -0.1) is 0 Å². The number of hydrogen-bond acceptors (Lipinski definition) is 6. The first-order valence-corrected chi connectivity index (χ1v) is 12.2. The molecule has 0 unspecified atom stereocenters. The van der Waals surface area contributed by atoms with E-state index >= 15 is 0 Å². The van der Waals surface area contributed by atoms with Gasteiger partial charge in [-0.05, 0) is 72.8 Å². The largest absolute Gasteiger partial charge is 0.490 e. The Balaban J connectivity index is 1.57. The fourth-order valence-corrected chi connectivity index (χ4v) is 4.48. The van der Waals surface area contributed by atoms with E-state index in [4.69, 9.17) is 9.47 Å². The number of carbonyl (C=O) groups excluding carboxylic acids is 1. The number of halogens is 2. The van der Waals surface area contributed by atoms with E-state index in [-0.39, 0.29) is 18.3 Å². The highest BCUT2D eigenvalue weighted by atomic mass is 79.9. The Bertz CT molecular complexity index is 1370. The Labute approximate surface area is 214 Å². The summed E-state index contributed by atoms with van der Waals surface area (Å²) in [5.41, 5.74) is 2.58. The molecule has 0 bridgehead atoms. The molecular weight excluding hydrogens is 533 g/mol. The highest BCUT2D eigenvalue weighted by Crippen LogP contribution is 2.37. The van der Waals surface area contributed by atoms with E-state index in [0.717, 1.165) is 11.1 Å². The van der Waals surface area contributed by atoms with Gasteiger partial charge in [0.2, 0.25) is 0 Å². The van der Waals surface area contributed by atoms with Crippen molar-refractivity contribution in [3.63, 3.8) is 0 Å². The molecule has 176 valence electrons. The maximum atomic E-state index is 13.1. The summed E-state index contributed by atoms with van der Waals surface area (Å²) in [4.78, 5) is 17.3. The second kappa shape index (κ2) is 11.2. The molecule has 9 heteroatoms. The molecule has 3 aromatic rings. The second-order valence-electron chi connectivity index (χ2n) is 7.27. The smallest absolute Gasteiger partial charge is 0.264 e. The molecule has 1 fully saturated rings. The number of amides is 1. The van der Waals surface area contributed by atoms with Crippen LogP contribution in [-0.2, 0) is 11.4 Å². The third-order valence-electron chi connectivity index (χ3n) is 4.88. The standard InChI is InChI=1S/C26H19BrFN3O3S/c1-2-33-22-11-18(21(27)13-23(22)34-15-17-6-4-3-5-16(17)14-29)12-24-25(32)31-26(35-24)30-20-9-7-19(28)8-10-20/h3-13H,2,15H2,1H3,(H,30,31,32)/b24-12+. The molecule has 0 aromatic heterocycles. The number of nitrogens with zero attached hydrogens (tertiary/aromatic N) is 2. The van der Waals surface area contributed by atoms with Gasteiger partial charge in [-0.1, -0.05) is 34.1 Å². The summed E-state index contributed by atoms with van der Waals surface area (Å²) in [7, 11) is 0. The average molecular weight is 552 g/mol. The van der Waals surface area contributed by atoms with Gasteiger partial charge in [-0.25, -0.2) is 9.38 Å². The zero-order valence-electron chi connectivity index (χ0n) is 18.5. The number of thioether (sulfide) groups is 1. The monoisotopic (exact) mass is 551 g/mol. The van der Waals surface area contributed by atoms with Crippen LogP contribution in [0.4, 0.5) is 10.1 Å². The average Bonchev–Trinajstić information content (AvgIpc) is 3.20. The predicted octanol–water partition coefficient (Wildman–Crippen LogP) is 6.33. The molecule has 1 amide bonds. The molecule has 6 nitrogen and oxygen atoms in total. The molecule has 1 aliphatic heterocycles. The van der Waals surface area contributed by atoms with E-state index < -0.39 is 0 Å². The molecule has 1 heterocycles. The highest BCUT2D eigenvalue weighted by Gasteiger charge is 2.24. The van der Waals surface area contributed by atoms with Crippen molar-refractivity contribution in [2.45, 2.75) is 13.5 Å². The quantitative estimate of drug-likeness (QED) is 0.347. The van der Waals surface area contributed by atoms with Crippen LogP contribution in [-0.4, -0.2) is 17.7 Å². The van der Waals surface area contributed by atoms with Gasteiger partial charge >= 0.3 is 0 Å². The Kier molecular flexibility index (Phi) is 7.85. The van der Waals surface area contributed by atoms with Crippen LogP contribution in [0.5, 0.6) is 11.5 Å². The van der Waals surface area contributed by atoms with Gasteiger partial charge in [0, 0.05) is 10.0 Å². The van der Waals surface area contributed by atoms with Crippen molar-refractivity contribution in [3.05, 3.63) is 92.5 Å². The summed E-state index contributed by atoms with van der Waals surface area (Å²) in [5, 5.41) is 12.4. The molecule has 0 spiro atoms. The Morgan fingerprint density at radius 1 is 1.14 bits per heavy atom. The molecule has 0 saturated carbocycles. The fraction of sp³-hybridized carbons (Fsp3) is 0.115. The molecule has 1 saturated heterocycles. The van der Waals surface area contributed by atoms with E-state index in [1.165, 1.54) is 36.0 Å². The number of ether oxygens (including phenoxy) is 2. The number of benzene rings is 3. The summed E-state index contributed by atoms with van der Waals surface area (Å²) >= 11 is 4.74. The van der Waals surface area contributed by atoms with Crippen molar-refractivity contribution in [3.8, 4) is 17.6 Å². The van der Waals surface area contributed by atoms with Gasteiger partial charge in [0.05, 0.1) is 28.8 Å². The van der Waals surface area contributed by atoms with Crippen molar-refractivity contribution >= 4 is 50.5 Å². The van der Waals surface area contributed by atoms with Crippen molar-refractivity contribution in [2.24, 2.45) is 4.99 Å². The molecule has 1 N–H and O–H groups in total. The number of hydrogen-bond donors (Lipinski definition) is 1. The second-order valence-corrected chi connectivity index (χ2v) is 9.15. The lowest BCUT2D eigenvalue weighted by atomic mass is 10.1. The first-order chi connectivity index (χ1) is 17.0. The van der Waals surface area contributed by atoms with Crippen LogP contribution in [0.1, 0.15) is 23.6 Å². The lowest BCUT2D eigenvalue weighted by Crippen LogP contribution is -2.19.